The fourth-order valence-corrected chi connectivity index (χ4v) is 6.10. The normalized spacial score (nSPS) is 17.4. The third-order valence-corrected chi connectivity index (χ3v) is 7.68. The predicted octanol–water partition coefficient (Wildman–Crippen LogP) is 2.08. The highest BCUT2D eigenvalue weighted by Crippen LogP contribution is 2.37. The first kappa shape index (κ1) is 26.1. The first-order valence-electron chi connectivity index (χ1n) is 12.1. The van der Waals surface area contributed by atoms with Crippen LogP contribution >= 0.6 is 11.3 Å². The molecule has 1 unspecified atom stereocenters. The van der Waals surface area contributed by atoms with Gasteiger partial charge in [-0.25, -0.2) is 9.79 Å². The Labute approximate surface area is 227 Å². The standard InChI is InChI=1S/C28H25N3O7S/c1-6-30-18-10-8-7-9-17(18)22(25(30)33)24-26(34)31-23(21(27(35)37-5)14(2)29-28(31)39-24)16-11-12-19(38-15(3)32)20(13-16)36-4/h7-13,23H,6H2,1-5H3. The van der Waals surface area contributed by atoms with Crippen molar-refractivity contribution in [2.75, 3.05) is 25.7 Å². The number of methoxy groups -OCH3 is 2. The van der Waals surface area contributed by atoms with Gasteiger partial charge in [-0.2, -0.15) is 0 Å². The van der Waals surface area contributed by atoms with Crippen LogP contribution in [0.3, 0.4) is 0 Å². The molecule has 0 radical (unpaired) electrons. The van der Waals surface area contributed by atoms with Gasteiger partial charge in [-0.1, -0.05) is 35.6 Å². The lowest BCUT2D eigenvalue weighted by Crippen LogP contribution is -2.40. The Bertz CT molecular complexity index is 1770. The van der Waals surface area contributed by atoms with Gasteiger partial charge in [0.1, 0.15) is 4.53 Å². The lowest BCUT2D eigenvalue weighted by Gasteiger charge is -2.25. The lowest BCUT2D eigenvalue weighted by molar-refractivity contribution is -0.136. The van der Waals surface area contributed by atoms with Crippen molar-refractivity contribution in [3.8, 4) is 11.5 Å². The van der Waals surface area contributed by atoms with Crippen molar-refractivity contribution in [2.24, 2.45) is 4.99 Å². The van der Waals surface area contributed by atoms with E-state index in [1.54, 1.807) is 24.0 Å². The zero-order chi connectivity index (χ0) is 28.0. The van der Waals surface area contributed by atoms with Crippen molar-refractivity contribution >= 4 is 40.4 Å². The number of benzene rings is 2. The van der Waals surface area contributed by atoms with Crippen LogP contribution in [0.25, 0.3) is 5.57 Å². The van der Waals surface area contributed by atoms with Crippen molar-refractivity contribution in [3.05, 3.63) is 84.5 Å². The van der Waals surface area contributed by atoms with Gasteiger partial charge < -0.3 is 19.1 Å². The van der Waals surface area contributed by atoms with E-state index < -0.39 is 23.5 Å². The van der Waals surface area contributed by atoms with E-state index in [4.69, 9.17) is 14.2 Å². The zero-order valence-corrected chi connectivity index (χ0v) is 22.8. The van der Waals surface area contributed by atoms with Gasteiger partial charge in [-0.3, -0.25) is 19.0 Å². The molecule has 0 bridgehead atoms. The van der Waals surface area contributed by atoms with Crippen LogP contribution < -0.4 is 29.3 Å². The summed E-state index contributed by atoms with van der Waals surface area (Å²) in [7, 11) is 2.68. The molecular weight excluding hydrogens is 522 g/mol. The highest BCUT2D eigenvalue weighted by atomic mass is 32.1. The van der Waals surface area contributed by atoms with Crippen LogP contribution in [0.1, 0.15) is 37.9 Å². The number of ether oxygens (including phenoxy) is 3. The van der Waals surface area contributed by atoms with Crippen LogP contribution in [0.5, 0.6) is 11.5 Å². The molecule has 3 aromatic rings. The maximum absolute atomic E-state index is 14.1. The number of carbonyl (C=O) groups is 3. The van der Waals surface area contributed by atoms with Gasteiger partial charge in [0.05, 0.1) is 42.8 Å². The second kappa shape index (κ2) is 9.99. The van der Waals surface area contributed by atoms with Gasteiger partial charge >= 0.3 is 11.9 Å². The van der Waals surface area contributed by atoms with Gasteiger partial charge in [-0.15, -0.1) is 0 Å². The molecule has 1 aromatic heterocycles. The molecule has 0 saturated carbocycles. The Kier molecular flexibility index (Phi) is 6.69. The van der Waals surface area contributed by atoms with Crippen LogP contribution in [0, 0.1) is 0 Å². The minimum atomic E-state index is -0.933. The molecule has 39 heavy (non-hydrogen) atoms. The Morgan fingerprint density at radius 2 is 1.82 bits per heavy atom. The van der Waals surface area contributed by atoms with Crippen molar-refractivity contribution < 1.29 is 28.6 Å². The van der Waals surface area contributed by atoms with Gasteiger partial charge in [0.15, 0.2) is 16.3 Å². The number of aromatic nitrogens is 1. The van der Waals surface area contributed by atoms with Crippen molar-refractivity contribution in [1.29, 1.82) is 0 Å². The number of para-hydroxylation sites is 1. The van der Waals surface area contributed by atoms with E-state index in [2.05, 4.69) is 4.99 Å². The molecule has 0 spiro atoms. The van der Waals surface area contributed by atoms with Gasteiger partial charge in [0.2, 0.25) is 0 Å². The minimum absolute atomic E-state index is 0.164. The number of carbonyl (C=O) groups excluding carboxylic acids is 3. The number of allylic oxidation sites excluding steroid dienone is 1. The first-order chi connectivity index (χ1) is 18.7. The third kappa shape index (κ3) is 4.15. The molecule has 0 fully saturated rings. The van der Waals surface area contributed by atoms with E-state index in [-0.39, 0.29) is 27.5 Å². The number of hydrogen-bond acceptors (Lipinski definition) is 9. The molecule has 10 nitrogen and oxygen atoms in total. The molecule has 11 heteroatoms. The smallest absolute Gasteiger partial charge is 0.338 e. The predicted molar refractivity (Wildman–Crippen MR) is 143 cm³/mol. The summed E-state index contributed by atoms with van der Waals surface area (Å²) in [6, 6.07) is 11.2. The number of thiazole rings is 1. The molecule has 200 valence electrons. The molecule has 0 N–H and O–H groups in total. The van der Waals surface area contributed by atoms with E-state index in [0.717, 1.165) is 17.0 Å². The van der Waals surface area contributed by atoms with E-state index in [1.165, 1.54) is 31.8 Å². The molecular formula is C28H25N3O7S. The summed E-state index contributed by atoms with van der Waals surface area (Å²) in [5.41, 5.74) is 2.29. The van der Waals surface area contributed by atoms with E-state index >= 15 is 0 Å². The molecule has 2 aliphatic heterocycles. The third-order valence-electron chi connectivity index (χ3n) is 6.63. The summed E-state index contributed by atoms with van der Waals surface area (Å²) in [4.78, 5) is 58.7. The number of hydrogen-bond donors (Lipinski definition) is 0. The fraction of sp³-hybridized carbons (Fsp3) is 0.250. The van der Waals surface area contributed by atoms with E-state index in [1.807, 2.05) is 31.2 Å². The van der Waals surface area contributed by atoms with Crippen LogP contribution in [0.2, 0.25) is 0 Å². The second-order valence-electron chi connectivity index (χ2n) is 8.84. The molecule has 2 aromatic carbocycles. The Morgan fingerprint density at radius 1 is 1.08 bits per heavy atom. The minimum Gasteiger partial charge on any atom is -0.493 e. The topological polar surface area (TPSA) is 117 Å². The lowest BCUT2D eigenvalue weighted by atomic mass is 9.95. The van der Waals surface area contributed by atoms with Crippen LogP contribution in [0.4, 0.5) is 5.69 Å². The SMILES string of the molecule is CCN1C(=O)C(=c2sc3n(c2=O)C(c2ccc(OC(C)=O)c(OC)c2)C(C(=O)OC)=C(C)N=3)c2ccccc21. The molecule has 3 heterocycles. The number of amides is 1. The molecule has 2 aliphatic rings. The summed E-state index contributed by atoms with van der Waals surface area (Å²) in [5.74, 6) is -1.01. The number of rotatable bonds is 5. The monoisotopic (exact) mass is 547 g/mol. The molecule has 1 atom stereocenters. The van der Waals surface area contributed by atoms with Crippen LogP contribution in [-0.2, 0) is 19.1 Å². The molecule has 0 aliphatic carbocycles. The zero-order valence-electron chi connectivity index (χ0n) is 21.9. The number of anilines is 1. The number of nitrogens with zero attached hydrogens (tertiary/aromatic N) is 3. The van der Waals surface area contributed by atoms with Crippen molar-refractivity contribution in [3.63, 3.8) is 0 Å². The average Bonchev–Trinajstić information content (AvgIpc) is 3.39. The molecule has 0 saturated heterocycles. The number of fused-ring (bicyclic) bond motifs is 2. The highest BCUT2D eigenvalue weighted by Gasteiger charge is 2.37. The van der Waals surface area contributed by atoms with Gasteiger partial charge in [-0.05, 0) is 37.6 Å². The van der Waals surface area contributed by atoms with Gasteiger partial charge in [0.25, 0.3) is 11.5 Å². The maximum atomic E-state index is 14.1. The molecule has 1 amide bonds. The van der Waals surface area contributed by atoms with Crippen molar-refractivity contribution in [1.82, 2.24) is 4.57 Å². The second-order valence-corrected chi connectivity index (χ2v) is 9.82. The summed E-state index contributed by atoms with van der Waals surface area (Å²) in [5, 5.41) is 0. The van der Waals surface area contributed by atoms with E-state index in [0.29, 0.717) is 33.7 Å². The van der Waals surface area contributed by atoms with E-state index in [9.17, 15) is 19.2 Å². The Balaban J connectivity index is 1.81. The number of esters is 2. The first-order valence-corrected chi connectivity index (χ1v) is 12.9. The van der Waals surface area contributed by atoms with Crippen molar-refractivity contribution in [2.45, 2.75) is 26.8 Å². The fourth-order valence-electron chi connectivity index (χ4n) is 4.97. The van der Waals surface area contributed by atoms with Gasteiger partial charge in [0, 0.05) is 19.0 Å². The number of likely N-dealkylation sites (N-methyl/N-ethyl adjacent to an activating group) is 1. The highest BCUT2D eigenvalue weighted by molar-refractivity contribution is 7.07. The summed E-state index contributed by atoms with van der Waals surface area (Å²) in [6.45, 7) is 5.26. The Hall–Kier alpha value is -4.51. The van der Waals surface area contributed by atoms with Crippen LogP contribution in [-0.4, -0.2) is 43.2 Å². The summed E-state index contributed by atoms with van der Waals surface area (Å²) in [6.07, 6.45) is 0. The maximum Gasteiger partial charge on any atom is 0.338 e. The van der Waals surface area contributed by atoms with Crippen LogP contribution in [0.15, 0.2) is 63.5 Å². The average molecular weight is 548 g/mol. The summed E-state index contributed by atoms with van der Waals surface area (Å²) >= 11 is 1.10. The molecule has 5 rings (SSSR count). The summed E-state index contributed by atoms with van der Waals surface area (Å²) < 4.78 is 17.4. The largest absolute Gasteiger partial charge is 0.493 e. The quantitative estimate of drug-likeness (QED) is 0.355. The Morgan fingerprint density at radius 3 is 2.49 bits per heavy atom.